The third-order valence-corrected chi connectivity index (χ3v) is 4.81. The van der Waals surface area contributed by atoms with Crippen LogP contribution in [0.1, 0.15) is 25.1 Å². The number of benzene rings is 2. The second kappa shape index (κ2) is 7.87. The first-order chi connectivity index (χ1) is 11.9. The van der Waals surface area contributed by atoms with Crippen LogP contribution in [0.5, 0.6) is 5.75 Å². The number of nitrogens with zero attached hydrogens (tertiary/aromatic N) is 2. The van der Waals surface area contributed by atoms with Crippen LogP contribution < -0.4 is 26.3 Å². The highest BCUT2D eigenvalue weighted by atomic mass is 79.9. The monoisotopic (exact) mass is 398 g/mol. The SMILES string of the molecule is COc1ccc(-c2c[n+]3c(n2-c2ccccc2)CCCCC3)cc1.[Br-]. The van der Waals surface area contributed by atoms with E-state index in [-0.39, 0.29) is 17.0 Å². The first kappa shape index (κ1) is 17.7. The van der Waals surface area contributed by atoms with Gasteiger partial charge in [0.05, 0.1) is 13.7 Å². The highest BCUT2D eigenvalue weighted by molar-refractivity contribution is 5.62. The van der Waals surface area contributed by atoms with Crippen molar-refractivity contribution in [2.24, 2.45) is 0 Å². The molecule has 0 N–H and O–H groups in total. The molecule has 0 aliphatic carbocycles. The standard InChI is InChI=1S/C21H23N2O.BrH/c1-24-19-13-11-17(12-14-19)20-16-22-15-7-3-6-10-21(22)23(20)18-8-4-2-5-9-18;/h2,4-5,8-9,11-14,16H,3,6-7,10,15H2,1H3;1H/q+1;/p-1. The second-order valence-electron chi connectivity index (χ2n) is 6.33. The maximum absolute atomic E-state index is 5.31. The predicted molar refractivity (Wildman–Crippen MR) is 95.5 cm³/mol. The van der Waals surface area contributed by atoms with Gasteiger partial charge < -0.3 is 21.7 Å². The van der Waals surface area contributed by atoms with Crippen molar-refractivity contribution in [2.75, 3.05) is 7.11 Å². The van der Waals surface area contributed by atoms with E-state index >= 15 is 0 Å². The molecule has 0 saturated carbocycles. The number of rotatable bonds is 3. The average Bonchev–Trinajstić information content (AvgIpc) is 2.85. The number of aromatic nitrogens is 2. The molecule has 0 amide bonds. The van der Waals surface area contributed by atoms with Gasteiger partial charge in [-0.3, -0.25) is 0 Å². The second-order valence-corrected chi connectivity index (χ2v) is 6.33. The Morgan fingerprint density at radius 3 is 2.40 bits per heavy atom. The molecule has 0 unspecified atom stereocenters. The van der Waals surface area contributed by atoms with E-state index < -0.39 is 0 Å². The minimum Gasteiger partial charge on any atom is -1.00 e. The average molecular weight is 399 g/mol. The summed E-state index contributed by atoms with van der Waals surface area (Å²) in [5.74, 6) is 2.30. The lowest BCUT2D eigenvalue weighted by atomic mass is 10.1. The van der Waals surface area contributed by atoms with Crippen molar-refractivity contribution < 1.29 is 26.3 Å². The molecule has 3 aromatic rings. The van der Waals surface area contributed by atoms with Gasteiger partial charge in [-0.2, -0.15) is 4.57 Å². The van der Waals surface area contributed by atoms with Crippen LogP contribution in [0.2, 0.25) is 0 Å². The third kappa shape index (κ3) is 3.49. The zero-order valence-electron chi connectivity index (χ0n) is 14.5. The van der Waals surface area contributed by atoms with Gasteiger partial charge >= 0.3 is 0 Å². The molecule has 0 spiro atoms. The van der Waals surface area contributed by atoms with Crippen LogP contribution in [-0.4, -0.2) is 11.7 Å². The molecular formula is C21H23BrN2O. The lowest BCUT2D eigenvalue weighted by Crippen LogP contribution is -3.00. The molecule has 0 bridgehead atoms. The van der Waals surface area contributed by atoms with Gasteiger partial charge in [0, 0.05) is 12.0 Å². The van der Waals surface area contributed by atoms with Gasteiger partial charge in [0.25, 0.3) is 5.82 Å². The Balaban J connectivity index is 0.00000182. The molecule has 3 nitrogen and oxygen atoms in total. The molecule has 2 aromatic carbocycles. The van der Waals surface area contributed by atoms with Crippen molar-refractivity contribution in [1.29, 1.82) is 0 Å². The minimum atomic E-state index is 0. The number of halogens is 1. The molecule has 0 fully saturated rings. The number of imidazole rings is 1. The molecule has 0 radical (unpaired) electrons. The Morgan fingerprint density at radius 1 is 0.920 bits per heavy atom. The van der Waals surface area contributed by atoms with E-state index in [2.05, 4.69) is 57.8 Å². The minimum absolute atomic E-state index is 0. The summed E-state index contributed by atoms with van der Waals surface area (Å²) in [7, 11) is 1.71. The smallest absolute Gasteiger partial charge is 0.262 e. The molecule has 1 aliphatic heterocycles. The van der Waals surface area contributed by atoms with Crippen molar-refractivity contribution in [1.82, 2.24) is 4.57 Å². The third-order valence-electron chi connectivity index (χ3n) is 4.81. The van der Waals surface area contributed by atoms with Crippen LogP contribution in [0.25, 0.3) is 16.9 Å². The van der Waals surface area contributed by atoms with Crippen molar-refractivity contribution in [3.8, 4) is 22.7 Å². The summed E-state index contributed by atoms with van der Waals surface area (Å²) < 4.78 is 10.2. The van der Waals surface area contributed by atoms with Gasteiger partial charge in [-0.05, 0) is 55.7 Å². The van der Waals surface area contributed by atoms with Gasteiger partial charge in [0.15, 0.2) is 5.69 Å². The van der Waals surface area contributed by atoms with Crippen molar-refractivity contribution >= 4 is 0 Å². The number of hydrogen-bond donors (Lipinski definition) is 0. The van der Waals surface area contributed by atoms with Gasteiger partial charge in [-0.15, -0.1) is 0 Å². The van der Waals surface area contributed by atoms with Crippen molar-refractivity contribution in [2.45, 2.75) is 32.2 Å². The summed E-state index contributed by atoms with van der Waals surface area (Å²) in [5.41, 5.74) is 3.71. The molecule has 130 valence electrons. The summed E-state index contributed by atoms with van der Waals surface area (Å²) in [6.45, 7) is 1.11. The molecule has 1 aromatic heterocycles. The molecule has 0 saturated heterocycles. The maximum Gasteiger partial charge on any atom is 0.262 e. The van der Waals surface area contributed by atoms with Crippen LogP contribution >= 0.6 is 0 Å². The van der Waals surface area contributed by atoms with E-state index in [9.17, 15) is 0 Å². The van der Waals surface area contributed by atoms with E-state index in [4.69, 9.17) is 4.74 Å². The molecule has 1 aliphatic rings. The lowest BCUT2D eigenvalue weighted by molar-refractivity contribution is -0.702. The fourth-order valence-electron chi connectivity index (χ4n) is 3.57. The Kier molecular flexibility index (Phi) is 5.59. The van der Waals surface area contributed by atoms with Gasteiger partial charge in [-0.1, -0.05) is 18.2 Å². The number of para-hydroxylation sites is 1. The number of hydrogen-bond acceptors (Lipinski definition) is 1. The Hall–Kier alpha value is -2.07. The van der Waals surface area contributed by atoms with E-state index in [0.717, 1.165) is 18.7 Å². The van der Waals surface area contributed by atoms with Crippen LogP contribution in [0.15, 0.2) is 60.8 Å². The quantitative estimate of drug-likeness (QED) is 0.605. The molecule has 25 heavy (non-hydrogen) atoms. The Labute approximate surface area is 159 Å². The number of methoxy groups -OCH3 is 1. The van der Waals surface area contributed by atoms with Crippen molar-refractivity contribution in [3.05, 3.63) is 66.6 Å². The Bertz CT molecular complexity index is 825. The molecule has 4 heteroatoms. The topological polar surface area (TPSA) is 18.0 Å². The first-order valence-corrected chi connectivity index (χ1v) is 8.71. The summed E-state index contributed by atoms with van der Waals surface area (Å²) >= 11 is 0. The van der Waals surface area contributed by atoms with E-state index in [0.29, 0.717) is 0 Å². The normalized spacial score (nSPS) is 13.5. The van der Waals surface area contributed by atoms with Gasteiger partial charge in [0.2, 0.25) is 0 Å². The van der Waals surface area contributed by atoms with E-state index in [1.54, 1.807) is 7.11 Å². The first-order valence-electron chi connectivity index (χ1n) is 8.71. The van der Waals surface area contributed by atoms with E-state index in [1.807, 2.05) is 12.1 Å². The fourth-order valence-corrected chi connectivity index (χ4v) is 3.57. The van der Waals surface area contributed by atoms with Crippen LogP contribution in [0.3, 0.4) is 0 Å². The molecule has 4 rings (SSSR count). The highest BCUT2D eigenvalue weighted by Crippen LogP contribution is 2.27. The lowest BCUT2D eigenvalue weighted by Gasteiger charge is -2.06. The predicted octanol–water partition coefficient (Wildman–Crippen LogP) is 1.17. The van der Waals surface area contributed by atoms with Crippen molar-refractivity contribution in [3.63, 3.8) is 0 Å². The fraction of sp³-hybridized carbons (Fsp3) is 0.286. The Morgan fingerprint density at radius 2 is 1.68 bits per heavy atom. The number of aryl methyl sites for hydroxylation is 1. The van der Waals surface area contributed by atoms with Gasteiger partial charge in [-0.25, -0.2) is 4.57 Å². The summed E-state index contributed by atoms with van der Waals surface area (Å²) in [5, 5.41) is 0. The van der Waals surface area contributed by atoms with Gasteiger partial charge in [0.1, 0.15) is 17.6 Å². The van der Waals surface area contributed by atoms with Crippen LogP contribution in [0, 0.1) is 0 Å². The summed E-state index contributed by atoms with van der Waals surface area (Å²) in [4.78, 5) is 0. The van der Waals surface area contributed by atoms with Crippen LogP contribution in [0.4, 0.5) is 0 Å². The summed E-state index contributed by atoms with van der Waals surface area (Å²) in [6.07, 6.45) is 7.28. The maximum atomic E-state index is 5.31. The summed E-state index contributed by atoms with van der Waals surface area (Å²) in [6, 6.07) is 19.0. The number of fused-ring (bicyclic) bond motifs is 1. The molecule has 2 heterocycles. The number of ether oxygens (including phenoxy) is 1. The highest BCUT2D eigenvalue weighted by Gasteiger charge is 2.26. The largest absolute Gasteiger partial charge is 1.00 e. The van der Waals surface area contributed by atoms with Crippen LogP contribution in [-0.2, 0) is 13.0 Å². The van der Waals surface area contributed by atoms with E-state index in [1.165, 1.54) is 42.0 Å². The molecular weight excluding hydrogens is 376 g/mol. The zero-order chi connectivity index (χ0) is 16.4. The zero-order valence-corrected chi connectivity index (χ0v) is 16.1. The molecule has 0 atom stereocenters.